The molecule has 0 saturated carbocycles. The molecule has 0 fully saturated rings. The molecule has 0 spiro atoms. The number of imidazole rings is 1. The smallest absolute Gasteiger partial charge is 0.140 e. The van der Waals surface area contributed by atoms with Crippen LogP contribution in [0.5, 0.6) is 0 Å². The van der Waals surface area contributed by atoms with Gasteiger partial charge in [0.2, 0.25) is 0 Å². The summed E-state index contributed by atoms with van der Waals surface area (Å²) in [7, 11) is 2.08. The van der Waals surface area contributed by atoms with E-state index in [9.17, 15) is 0 Å². The average Bonchev–Trinajstić information content (AvgIpc) is 3.13. The van der Waals surface area contributed by atoms with Crippen LogP contribution in [0.1, 0.15) is 18.1 Å². The van der Waals surface area contributed by atoms with Crippen LogP contribution in [-0.2, 0) is 20.1 Å². The van der Waals surface area contributed by atoms with Crippen LogP contribution in [0.15, 0.2) is 42.5 Å². The quantitative estimate of drug-likeness (QED) is 0.740. The SMILES string of the molecule is CC(C#N)CN1Cc2cc3nc(-c4ccccc4)n(C)c3cc2C1. The molecule has 0 N–H and O–H groups in total. The second-order valence-electron chi connectivity index (χ2n) is 6.67. The van der Waals surface area contributed by atoms with Gasteiger partial charge >= 0.3 is 0 Å². The lowest BCUT2D eigenvalue weighted by Crippen LogP contribution is -2.22. The zero-order chi connectivity index (χ0) is 16.7. The molecule has 120 valence electrons. The van der Waals surface area contributed by atoms with E-state index in [1.807, 2.05) is 25.1 Å². The maximum Gasteiger partial charge on any atom is 0.140 e. The van der Waals surface area contributed by atoms with E-state index in [1.165, 1.54) is 16.6 Å². The Labute approximate surface area is 142 Å². The highest BCUT2D eigenvalue weighted by molar-refractivity contribution is 5.82. The Bertz CT molecular complexity index is 934. The van der Waals surface area contributed by atoms with Gasteiger partial charge in [-0.1, -0.05) is 30.3 Å². The second kappa shape index (κ2) is 5.77. The third-order valence-electron chi connectivity index (χ3n) is 4.77. The molecular weight excluding hydrogens is 296 g/mol. The maximum atomic E-state index is 9.02. The Balaban J connectivity index is 1.70. The first kappa shape index (κ1) is 14.9. The molecule has 2 heterocycles. The summed E-state index contributed by atoms with van der Waals surface area (Å²) in [6.45, 7) is 4.63. The molecule has 0 radical (unpaired) electrons. The summed E-state index contributed by atoms with van der Waals surface area (Å²) in [5, 5.41) is 9.02. The lowest BCUT2D eigenvalue weighted by molar-refractivity contribution is 0.264. The van der Waals surface area contributed by atoms with Gasteiger partial charge in [0.05, 0.1) is 23.0 Å². The van der Waals surface area contributed by atoms with E-state index in [-0.39, 0.29) is 5.92 Å². The molecule has 1 atom stereocenters. The number of benzene rings is 2. The first-order chi connectivity index (χ1) is 11.7. The van der Waals surface area contributed by atoms with Crippen molar-refractivity contribution >= 4 is 11.0 Å². The number of nitrogens with zero attached hydrogens (tertiary/aromatic N) is 4. The maximum absolute atomic E-state index is 9.02. The highest BCUT2D eigenvalue weighted by Crippen LogP contribution is 2.30. The van der Waals surface area contributed by atoms with Crippen molar-refractivity contribution in [2.45, 2.75) is 20.0 Å². The van der Waals surface area contributed by atoms with Gasteiger partial charge < -0.3 is 4.57 Å². The third kappa shape index (κ3) is 2.47. The first-order valence-electron chi connectivity index (χ1n) is 8.31. The largest absolute Gasteiger partial charge is 0.327 e. The summed E-state index contributed by atoms with van der Waals surface area (Å²) in [6, 6.07) is 17.1. The molecule has 2 aromatic carbocycles. The summed E-state index contributed by atoms with van der Waals surface area (Å²) >= 11 is 0. The lowest BCUT2D eigenvalue weighted by atomic mass is 10.1. The predicted octanol–water partition coefficient (Wildman–Crippen LogP) is 3.72. The van der Waals surface area contributed by atoms with Crippen LogP contribution in [0.25, 0.3) is 22.4 Å². The number of aryl methyl sites for hydroxylation is 1. The Morgan fingerprint density at radius 3 is 2.58 bits per heavy atom. The standard InChI is InChI=1S/C20H20N4/c1-14(10-21)11-24-12-16-8-18-19(9-17(16)13-24)23(2)20(22-18)15-6-4-3-5-7-15/h3-9,14H,11-13H2,1-2H3. The highest BCUT2D eigenvalue weighted by atomic mass is 15.1. The monoisotopic (exact) mass is 316 g/mol. The third-order valence-corrected chi connectivity index (χ3v) is 4.77. The fourth-order valence-corrected chi connectivity index (χ4v) is 3.56. The van der Waals surface area contributed by atoms with Crippen molar-refractivity contribution in [3.63, 3.8) is 0 Å². The van der Waals surface area contributed by atoms with Crippen LogP contribution in [0.3, 0.4) is 0 Å². The van der Waals surface area contributed by atoms with Gasteiger partial charge in [0, 0.05) is 32.2 Å². The number of fused-ring (bicyclic) bond motifs is 2. The van der Waals surface area contributed by atoms with E-state index < -0.39 is 0 Å². The van der Waals surface area contributed by atoms with E-state index in [0.717, 1.165) is 36.5 Å². The number of nitriles is 1. The zero-order valence-electron chi connectivity index (χ0n) is 14.0. The molecule has 24 heavy (non-hydrogen) atoms. The van der Waals surface area contributed by atoms with Gasteiger partial charge in [-0.05, 0) is 30.2 Å². The molecule has 1 aliphatic heterocycles. The topological polar surface area (TPSA) is 44.9 Å². The van der Waals surface area contributed by atoms with E-state index in [2.05, 4.69) is 46.8 Å². The van der Waals surface area contributed by atoms with Crippen LogP contribution in [-0.4, -0.2) is 21.0 Å². The fourth-order valence-electron chi connectivity index (χ4n) is 3.56. The van der Waals surface area contributed by atoms with Crippen LogP contribution < -0.4 is 0 Å². The van der Waals surface area contributed by atoms with Crippen molar-refractivity contribution in [2.75, 3.05) is 6.54 Å². The van der Waals surface area contributed by atoms with Crippen LogP contribution in [0, 0.1) is 17.2 Å². The molecule has 4 heteroatoms. The molecule has 3 aromatic rings. The average molecular weight is 316 g/mol. The minimum absolute atomic E-state index is 0.0662. The molecule has 0 aliphatic carbocycles. The number of hydrogen-bond acceptors (Lipinski definition) is 3. The summed E-state index contributed by atoms with van der Waals surface area (Å²) in [5.74, 6) is 1.07. The molecule has 1 aromatic heterocycles. The summed E-state index contributed by atoms with van der Waals surface area (Å²) in [5.41, 5.74) is 6.05. The molecular formula is C20H20N4. The van der Waals surface area contributed by atoms with Gasteiger partial charge in [0.25, 0.3) is 0 Å². The Morgan fingerprint density at radius 1 is 1.17 bits per heavy atom. The fraction of sp³-hybridized carbons (Fsp3) is 0.300. The number of aromatic nitrogens is 2. The Kier molecular flexibility index (Phi) is 3.59. The summed E-state index contributed by atoms with van der Waals surface area (Å²) in [4.78, 5) is 7.20. The highest BCUT2D eigenvalue weighted by Gasteiger charge is 2.22. The Morgan fingerprint density at radius 2 is 1.88 bits per heavy atom. The van der Waals surface area contributed by atoms with Crippen molar-refractivity contribution in [1.82, 2.24) is 14.5 Å². The first-order valence-corrected chi connectivity index (χ1v) is 8.31. The molecule has 4 rings (SSSR count). The minimum Gasteiger partial charge on any atom is -0.327 e. The van der Waals surface area contributed by atoms with Gasteiger partial charge in [-0.25, -0.2) is 4.98 Å². The molecule has 0 amide bonds. The van der Waals surface area contributed by atoms with Crippen LogP contribution in [0.2, 0.25) is 0 Å². The predicted molar refractivity (Wildman–Crippen MR) is 95.0 cm³/mol. The Hall–Kier alpha value is -2.64. The molecule has 1 unspecified atom stereocenters. The van der Waals surface area contributed by atoms with Crippen molar-refractivity contribution in [1.29, 1.82) is 5.26 Å². The molecule has 1 aliphatic rings. The van der Waals surface area contributed by atoms with E-state index in [1.54, 1.807) is 0 Å². The van der Waals surface area contributed by atoms with Crippen LogP contribution in [0.4, 0.5) is 0 Å². The van der Waals surface area contributed by atoms with Crippen molar-refractivity contribution < 1.29 is 0 Å². The van der Waals surface area contributed by atoms with Gasteiger partial charge in [-0.15, -0.1) is 0 Å². The normalized spacial score (nSPS) is 15.4. The van der Waals surface area contributed by atoms with Crippen molar-refractivity contribution in [2.24, 2.45) is 13.0 Å². The number of hydrogen-bond donors (Lipinski definition) is 0. The number of rotatable bonds is 3. The van der Waals surface area contributed by atoms with E-state index in [0.29, 0.717) is 0 Å². The molecule has 0 bridgehead atoms. The minimum atomic E-state index is 0.0662. The molecule has 4 nitrogen and oxygen atoms in total. The zero-order valence-corrected chi connectivity index (χ0v) is 14.0. The lowest BCUT2D eigenvalue weighted by Gasteiger charge is -2.15. The van der Waals surface area contributed by atoms with Crippen molar-refractivity contribution in [3.05, 3.63) is 53.6 Å². The summed E-state index contributed by atoms with van der Waals surface area (Å²) in [6.07, 6.45) is 0. The van der Waals surface area contributed by atoms with Crippen LogP contribution >= 0.6 is 0 Å². The van der Waals surface area contributed by atoms with Gasteiger partial charge in [0.15, 0.2) is 0 Å². The molecule has 0 saturated heterocycles. The van der Waals surface area contributed by atoms with Gasteiger partial charge in [-0.2, -0.15) is 5.26 Å². The van der Waals surface area contributed by atoms with Gasteiger partial charge in [-0.3, -0.25) is 4.90 Å². The second-order valence-corrected chi connectivity index (χ2v) is 6.67. The van der Waals surface area contributed by atoms with Gasteiger partial charge in [0.1, 0.15) is 5.82 Å². The van der Waals surface area contributed by atoms with E-state index >= 15 is 0 Å². The summed E-state index contributed by atoms with van der Waals surface area (Å²) < 4.78 is 2.17. The van der Waals surface area contributed by atoms with Crippen molar-refractivity contribution in [3.8, 4) is 17.5 Å². The van der Waals surface area contributed by atoms with E-state index in [4.69, 9.17) is 10.2 Å².